The molecule has 0 aromatic heterocycles. The number of sulfonamides is 2. The maximum atomic E-state index is 13.6. The Morgan fingerprint density at radius 1 is 0.391 bits per heavy atom. The third-order valence-corrected chi connectivity index (χ3v) is 17.9. The van der Waals surface area contributed by atoms with E-state index in [4.69, 9.17) is 8.37 Å². The Kier molecular flexibility index (Phi) is 16.1. The van der Waals surface area contributed by atoms with Crippen molar-refractivity contribution in [1.29, 1.82) is 0 Å². The third-order valence-electron chi connectivity index (χ3n) is 9.77. The molecule has 64 heavy (non-hydrogen) atoms. The summed E-state index contributed by atoms with van der Waals surface area (Å²) in [5.41, 5.74) is 5.03. The van der Waals surface area contributed by atoms with Crippen LogP contribution in [-0.4, -0.2) is 57.3 Å². The monoisotopic (exact) mass is 980 g/mol. The first-order chi connectivity index (χ1) is 30.3. The van der Waals surface area contributed by atoms with Gasteiger partial charge in [-0.2, -0.15) is 16.8 Å². The van der Waals surface area contributed by atoms with Gasteiger partial charge in [-0.15, -0.1) is 0 Å². The van der Waals surface area contributed by atoms with Crippen molar-refractivity contribution in [2.24, 2.45) is 0 Å². The smallest absolute Gasteiger partial charge is 0.339 e. The first-order valence-electron chi connectivity index (χ1n) is 19.9. The molecule has 0 saturated heterocycles. The summed E-state index contributed by atoms with van der Waals surface area (Å²) < 4.78 is 122. The van der Waals surface area contributed by atoms with Crippen LogP contribution in [-0.2, 0) is 53.1 Å². The van der Waals surface area contributed by atoms with Crippen LogP contribution in [0.4, 0.5) is 0 Å². The van der Waals surface area contributed by atoms with Gasteiger partial charge < -0.3 is 8.37 Å². The fourth-order valence-corrected chi connectivity index (χ4v) is 13.3. The Labute approximate surface area is 385 Å². The van der Waals surface area contributed by atoms with E-state index in [1.807, 2.05) is 27.7 Å². The van der Waals surface area contributed by atoms with Gasteiger partial charge >= 0.3 is 20.2 Å². The van der Waals surface area contributed by atoms with Crippen LogP contribution in [0.1, 0.15) is 33.4 Å². The molecule has 0 heterocycles. The van der Waals surface area contributed by atoms with Crippen molar-refractivity contribution in [3.63, 3.8) is 0 Å². The van der Waals surface area contributed by atoms with Gasteiger partial charge in [0.05, 0.1) is 9.79 Å². The molecule has 6 aromatic carbocycles. The summed E-state index contributed by atoms with van der Waals surface area (Å²) in [6.07, 6.45) is 0.475. The molecule has 0 saturated carbocycles. The quantitative estimate of drug-likeness (QED) is 0.0401. The van der Waals surface area contributed by atoms with Crippen molar-refractivity contribution < 1.29 is 42.0 Å². The number of aryl methyl sites for hydroxylation is 4. The van der Waals surface area contributed by atoms with Gasteiger partial charge in [-0.25, -0.2) is 26.3 Å². The SMILES string of the molecule is Cc1ccc(S(=O)(=O)N[C@H](CSSC[C@H](Cc2ccc(OS(=O)(=O)c3ccc(C)cc3)cc2)NS(=O)(=O)c2ccc(C)cc2)Cc2ccc(OS(=O)(=O)c3ccc(C)cc3)cc2)cc1. The second-order valence-corrected chi connectivity index (χ2v) is 24.3. The van der Waals surface area contributed by atoms with E-state index in [0.29, 0.717) is 11.1 Å². The maximum Gasteiger partial charge on any atom is 0.339 e. The fourth-order valence-electron chi connectivity index (χ4n) is 6.23. The van der Waals surface area contributed by atoms with Crippen LogP contribution in [0.5, 0.6) is 11.5 Å². The minimum atomic E-state index is -4.08. The van der Waals surface area contributed by atoms with Crippen LogP contribution >= 0.6 is 21.6 Å². The van der Waals surface area contributed by atoms with Crippen molar-refractivity contribution in [2.75, 3.05) is 11.5 Å². The molecular formula is C46H48N2O10S6. The molecule has 18 heteroatoms. The van der Waals surface area contributed by atoms with E-state index >= 15 is 0 Å². The fraction of sp³-hybridized carbons (Fsp3) is 0.217. The summed E-state index contributed by atoms with van der Waals surface area (Å²) in [4.78, 5) is 0.227. The molecular weight excluding hydrogens is 933 g/mol. The minimum absolute atomic E-state index is 0.0159. The molecule has 0 amide bonds. The van der Waals surface area contributed by atoms with Gasteiger partial charge in [0, 0.05) is 23.6 Å². The van der Waals surface area contributed by atoms with Crippen LogP contribution < -0.4 is 17.8 Å². The summed E-state index contributed by atoms with van der Waals surface area (Å²) in [5.74, 6) is 0.739. The lowest BCUT2D eigenvalue weighted by molar-refractivity contribution is 0.484. The van der Waals surface area contributed by atoms with Crippen LogP contribution in [0.3, 0.4) is 0 Å². The first-order valence-corrected chi connectivity index (χ1v) is 28.2. The lowest BCUT2D eigenvalue weighted by Gasteiger charge is -2.21. The summed E-state index contributed by atoms with van der Waals surface area (Å²) in [6, 6.07) is 37.0. The van der Waals surface area contributed by atoms with Gasteiger partial charge in [-0.3, -0.25) is 0 Å². The van der Waals surface area contributed by atoms with E-state index in [-0.39, 0.29) is 55.4 Å². The highest BCUT2D eigenvalue weighted by Gasteiger charge is 2.25. The molecule has 0 unspecified atom stereocenters. The topological polar surface area (TPSA) is 179 Å². The minimum Gasteiger partial charge on any atom is -0.379 e. The Hall–Kier alpha value is -4.66. The molecule has 0 aliphatic carbocycles. The van der Waals surface area contributed by atoms with Crippen molar-refractivity contribution in [1.82, 2.24) is 9.44 Å². The van der Waals surface area contributed by atoms with Crippen LogP contribution in [0.25, 0.3) is 0 Å². The Balaban J connectivity index is 1.16. The van der Waals surface area contributed by atoms with Crippen molar-refractivity contribution in [3.05, 3.63) is 179 Å². The molecule has 0 radical (unpaired) electrons. The molecule has 0 aliphatic heterocycles. The second-order valence-electron chi connectivity index (χ2n) is 15.2. The zero-order valence-electron chi connectivity index (χ0n) is 35.4. The predicted molar refractivity (Wildman–Crippen MR) is 254 cm³/mol. The highest BCUT2D eigenvalue weighted by molar-refractivity contribution is 8.76. The Morgan fingerprint density at radius 2 is 0.656 bits per heavy atom. The number of benzene rings is 6. The zero-order chi connectivity index (χ0) is 46.1. The van der Waals surface area contributed by atoms with Gasteiger partial charge in [-0.05, 0) is 124 Å². The van der Waals surface area contributed by atoms with Crippen molar-refractivity contribution in [3.8, 4) is 11.5 Å². The van der Waals surface area contributed by atoms with Crippen LogP contribution in [0, 0.1) is 27.7 Å². The highest BCUT2D eigenvalue weighted by Crippen LogP contribution is 2.28. The summed E-state index contributed by atoms with van der Waals surface area (Å²) in [7, 11) is -13.4. The first kappa shape index (κ1) is 48.8. The molecule has 338 valence electrons. The number of hydrogen-bond acceptors (Lipinski definition) is 12. The van der Waals surface area contributed by atoms with E-state index in [1.165, 1.54) is 94.4 Å². The number of hydrogen-bond donors (Lipinski definition) is 2. The lowest BCUT2D eigenvalue weighted by atomic mass is 10.1. The molecule has 6 aromatic rings. The number of nitrogens with one attached hydrogen (secondary N) is 2. The van der Waals surface area contributed by atoms with Gasteiger partial charge in [0.2, 0.25) is 20.0 Å². The van der Waals surface area contributed by atoms with E-state index in [0.717, 1.165) is 22.3 Å². The second kappa shape index (κ2) is 21.1. The highest BCUT2D eigenvalue weighted by atomic mass is 33.1. The average molecular weight is 981 g/mol. The normalized spacial score (nSPS) is 13.2. The van der Waals surface area contributed by atoms with E-state index in [2.05, 4.69) is 9.44 Å². The molecule has 0 aliphatic rings. The maximum absolute atomic E-state index is 13.6. The van der Waals surface area contributed by atoms with Gasteiger partial charge in [0.15, 0.2) is 0 Å². The molecule has 12 nitrogen and oxygen atoms in total. The van der Waals surface area contributed by atoms with Crippen LogP contribution in [0.15, 0.2) is 165 Å². The summed E-state index contributed by atoms with van der Waals surface area (Å²) in [5, 5.41) is 0. The molecule has 0 fully saturated rings. The molecule has 2 atom stereocenters. The van der Waals surface area contributed by atoms with E-state index in [9.17, 15) is 33.7 Å². The van der Waals surface area contributed by atoms with Gasteiger partial charge in [0.25, 0.3) is 0 Å². The largest absolute Gasteiger partial charge is 0.379 e. The predicted octanol–water partition coefficient (Wildman–Crippen LogP) is 8.32. The summed E-state index contributed by atoms with van der Waals surface area (Å²) >= 11 is 0. The van der Waals surface area contributed by atoms with Gasteiger partial charge in [-0.1, -0.05) is 117 Å². The van der Waals surface area contributed by atoms with Gasteiger partial charge in [0.1, 0.15) is 21.3 Å². The Morgan fingerprint density at radius 3 is 0.938 bits per heavy atom. The molecule has 0 spiro atoms. The summed E-state index contributed by atoms with van der Waals surface area (Å²) in [6.45, 7) is 7.42. The van der Waals surface area contributed by atoms with E-state index in [1.54, 1.807) is 72.8 Å². The Bertz CT molecular complexity index is 2740. The standard InChI is InChI=1S/C46H48N2O10S6/c1-33-5-21-43(22-6-33)61(49,50)47-39(29-37-13-17-41(18-14-37)57-63(53,54)45-25-9-35(3)10-26-45)31-59-60-32-40(48-62(51,52)44-23-7-34(2)8-24-44)30-38-15-19-42(20-16-38)58-64(55,56)46-27-11-36(4)12-28-46/h5-28,39-40,47-48H,29-32H2,1-4H3/t39-,40-/m0/s1. The molecule has 0 bridgehead atoms. The van der Waals surface area contributed by atoms with E-state index < -0.39 is 52.4 Å². The molecule has 6 rings (SSSR count). The number of rotatable bonds is 21. The average Bonchev–Trinajstić information content (AvgIpc) is 3.24. The van der Waals surface area contributed by atoms with Crippen molar-refractivity contribution in [2.45, 2.75) is 72.2 Å². The lowest BCUT2D eigenvalue weighted by Crippen LogP contribution is -2.39. The molecule has 2 N–H and O–H groups in total. The van der Waals surface area contributed by atoms with Crippen molar-refractivity contribution >= 4 is 61.9 Å². The van der Waals surface area contributed by atoms with Crippen LogP contribution in [0.2, 0.25) is 0 Å². The third kappa shape index (κ3) is 13.9. The zero-order valence-corrected chi connectivity index (χ0v) is 40.3.